The summed E-state index contributed by atoms with van der Waals surface area (Å²) in [6.45, 7) is 0. The van der Waals surface area contributed by atoms with Crippen LogP contribution in [0.5, 0.6) is 0 Å². The molecule has 0 unspecified atom stereocenters. The second-order valence-electron chi connectivity index (χ2n) is 13.4. The van der Waals surface area contributed by atoms with E-state index in [0.29, 0.717) is 0 Å². The number of aromatic nitrogens is 3. The van der Waals surface area contributed by atoms with E-state index >= 15 is 0 Å². The minimum atomic E-state index is 0.102. The fraction of sp³-hybridized carbons (Fsp3) is 0.159. The minimum Gasteiger partial charge on any atom is -0.209 e. The first-order valence-corrected chi connectivity index (χ1v) is 18.0. The molecule has 0 radical (unpaired) electrons. The topological polar surface area (TPSA) is 38.7 Å². The highest BCUT2D eigenvalue weighted by Gasteiger charge is 2.45. The number of thiophene rings is 1. The van der Waals surface area contributed by atoms with Crippen LogP contribution in [0.1, 0.15) is 55.5 Å². The Morgan fingerprint density at radius 3 is 2.12 bits per heavy atom. The highest BCUT2D eigenvalue weighted by Crippen LogP contribution is 2.58. The van der Waals surface area contributed by atoms with E-state index in [1.54, 1.807) is 0 Å². The fourth-order valence-corrected chi connectivity index (χ4v) is 9.78. The standard InChI is InChI=1S/C44H33N3S/c1-2-12-29(13-3-1)41-45-42(30-24-22-28(23-25-30)31-16-10-17-33-32-14-5-7-21-38(32)48-40(31)33)47-43(46-41)35-18-11-20-37-39(35)34-15-4-6-19-36(34)44(37)26-8-9-27-44/h1-2,4-7,10-12,14-25H,3,8-9,13,26-27H2. The van der Waals surface area contributed by atoms with Gasteiger partial charge in [-0.1, -0.05) is 134 Å². The molecule has 0 saturated heterocycles. The zero-order valence-corrected chi connectivity index (χ0v) is 27.4. The van der Waals surface area contributed by atoms with Gasteiger partial charge in [0.15, 0.2) is 17.5 Å². The second kappa shape index (κ2) is 10.9. The summed E-state index contributed by atoms with van der Waals surface area (Å²) in [4.78, 5) is 15.6. The molecule has 230 valence electrons. The number of rotatable bonds is 4. The summed E-state index contributed by atoms with van der Waals surface area (Å²) in [5, 5.41) is 2.64. The molecule has 0 N–H and O–H groups in total. The van der Waals surface area contributed by atoms with E-state index in [1.807, 2.05) is 11.3 Å². The largest absolute Gasteiger partial charge is 0.209 e. The lowest BCUT2D eigenvalue weighted by Gasteiger charge is -2.26. The molecule has 0 atom stereocenters. The second-order valence-corrected chi connectivity index (χ2v) is 14.4. The number of hydrogen-bond donors (Lipinski definition) is 0. The Bertz CT molecular complexity index is 2460. The van der Waals surface area contributed by atoms with E-state index in [2.05, 4.69) is 127 Å². The molecule has 5 aromatic carbocycles. The minimum absolute atomic E-state index is 0.102. The van der Waals surface area contributed by atoms with Crippen LogP contribution < -0.4 is 0 Å². The van der Waals surface area contributed by atoms with Gasteiger partial charge in [-0.2, -0.15) is 0 Å². The SMILES string of the molecule is C1=CCCC(c2nc(-c3ccc(-c4cccc5c4sc4ccccc45)cc3)nc(-c3cccc4c3-c3ccccc3C43CCCC3)n2)=C1. The van der Waals surface area contributed by atoms with Crippen LogP contribution in [0.3, 0.4) is 0 Å². The molecule has 3 nitrogen and oxygen atoms in total. The maximum Gasteiger partial charge on any atom is 0.164 e. The lowest BCUT2D eigenvalue weighted by Crippen LogP contribution is -2.20. The first-order chi connectivity index (χ1) is 23.8. The van der Waals surface area contributed by atoms with Crippen LogP contribution in [0.25, 0.3) is 70.8 Å². The number of benzene rings is 5. The molecule has 7 aromatic rings. The van der Waals surface area contributed by atoms with Crippen molar-refractivity contribution >= 4 is 37.1 Å². The number of allylic oxidation sites excluding steroid dienone is 4. The molecule has 2 heterocycles. The van der Waals surface area contributed by atoms with Crippen LogP contribution in [0, 0.1) is 0 Å². The van der Waals surface area contributed by atoms with Gasteiger partial charge in [0.1, 0.15) is 0 Å². The first-order valence-electron chi connectivity index (χ1n) is 17.1. The third-order valence-electron chi connectivity index (χ3n) is 10.8. The Balaban J connectivity index is 1.12. The van der Waals surface area contributed by atoms with Crippen LogP contribution in [0.4, 0.5) is 0 Å². The zero-order valence-electron chi connectivity index (χ0n) is 26.6. The third-order valence-corrected chi connectivity index (χ3v) is 12.0. The van der Waals surface area contributed by atoms with E-state index in [1.165, 1.54) is 79.2 Å². The third kappa shape index (κ3) is 4.22. The van der Waals surface area contributed by atoms with Gasteiger partial charge in [0, 0.05) is 36.7 Å². The maximum absolute atomic E-state index is 5.25. The molecular formula is C44H33N3S. The Morgan fingerprint density at radius 1 is 0.562 bits per heavy atom. The van der Waals surface area contributed by atoms with Crippen LogP contribution >= 0.6 is 11.3 Å². The van der Waals surface area contributed by atoms with Gasteiger partial charge in [0.2, 0.25) is 0 Å². The predicted octanol–water partition coefficient (Wildman–Crippen LogP) is 11.8. The van der Waals surface area contributed by atoms with Crippen molar-refractivity contribution in [1.82, 2.24) is 15.0 Å². The molecule has 2 aromatic heterocycles. The van der Waals surface area contributed by atoms with Gasteiger partial charge in [-0.15, -0.1) is 11.3 Å². The summed E-state index contributed by atoms with van der Waals surface area (Å²) in [6, 6.07) is 40.0. The molecule has 0 aliphatic heterocycles. The average molecular weight is 636 g/mol. The van der Waals surface area contributed by atoms with E-state index in [0.717, 1.165) is 47.0 Å². The molecule has 0 amide bonds. The van der Waals surface area contributed by atoms with Gasteiger partial charge in [-0.05, 0) is 70.7 Å². The number of fused-ring (bicyclic) bond motifs is 8. The molecule has 3 aliphatic carbocycles. The van der Waals surface area contributed by atoms with E-state index in [9.17, 15) is 0 Å². The quantitative estimate of drug-likeness (QED) is 0.193. The highest BCUT2D eigenvalue weighted by atomic mass is 32.1. The van der Waals surface area contributed by atoms with Crippen molar-refractivity contribution in [1.29, 1.82) is 0 Å². The summed E-state index contributed by atoms with van der Waals surface area (Å²) in [5.74, 6) is 2.25. The Labute approximate surface area is 284 Å². The summed E-state index contributed by atoms with van der Waals surface area (Å²) >= 11 is 1.87. The van der Waals surface area contributed by atoms with Crippen LogP contribution in [0.15, 0.2) is 127 Å². The van der Waals surface area contributed by atoms with Crippen molar-refractivity contribution in [3.05, 3.63) is 144 Å². The molecule has 1 spiro atoms. The maximum atomic E-state index is 5.25. The Hall–Kier alpha value is -5.19. The normalized spacial score (nSPS) is 16.0. The molecule has 10 rings (SSSR count). The molecule has 4 heteroatoms. The molecule has 3 aliphatic rings. The number of hydrogen-bond acceptors (Lipinski definition) is 4. The van der Waals surface area contributed by atoms with Crippen molar-refractivity contribution in [3.8, 4) is 45.0 Å². The van der Waals surface area contributed by atoms with E-state index in [4.69, 9.17) is 15.0 Å². The molecule has 48 heavy (non-hydrogen) atoms. The molecule has 0 bridgehead atoms. The summed E-state index contributed by atoms with van der Waals surface area (Å²) in [6.07, 6.45) is 13.4. The van der Waals surface area contributed by atoms with Crippen molar-refractivity contribution in [3.63, 3.8) is 0 Å². The highest BCUT2D eigenvalue weighted by molar-refractivity contribution is 7.26. The van der Waals surface area contributed by atoms with E-state index in [-0.39, 0.29) is 5.41 Å². The lowest BCUT2D eigenvalue weighted by atomic mass is 9.76. The molecular weight excluding hydrogens is 603 g/mol. The van der Waals surface area contributed by atoms with Crippen molar-refractivity contribution < 1.29 is 0 Å². The van der Waals surface area contributed by atoms with Gasteiger partial charge in [0.25, 0.3) is 0 Å². The first kappa shape index (κ1) is 27.9. The van der Waals surface area contributed by atoms with Crippen LogP contribution in [-0.4, -0.2) is 15.0 Å². The van der Waals surface area contributed by atoms with Crippen molar-refractivity contribution in [2.75, 3.05) is 0 Å². The van der Waals surface area contributed by atoms with Gasteiger partial charge in [0.05, 0.1) is 0 Å². The summed E-state index contributed by atoms with van der Waals surface area (Å²) < 4.78 is 2.65. The van der Waals surface area contributed by atoms with Crippen LogP contribution in [0.2, 0.25) is 0 Å². The van der Waals surface area contributed by atoms with Gasteiger partial charge in [-0.3, -0.25) is 0 Å². The lowest BCUT2D eigenvalue weighted by molar-refractivity contribution is 0.550. The van der Waals surface area contributed by atoms with Gasteiger partial charge < -0.3 is 0 Å². The fourth-order valence-electron chi connectivity index (χ4n) is 8.54. The summed E-state index contributed by atoms with van der Waals surface area (Å²) in [5.41, 5.74) is 11.4. The van der Waals surface area contributed by atoms with Gasteiger partial charge >= 0.3 is 0 Å². The molecule has 1 saturated carbocycles. The van der Waals surface area contributed by atoms with Crippen molar-refractivity contribution in [2.45, 2.75) is 43.9 Å². The molecule has 1 fully saturated rings. The Kier molecular flexibility index (Phi) is 6.35. The average Bonchev–Trinajstić information content (AvgIpc) is 3.88. The van der Waals surface area contributed by atoms with Crippen molar-refractivity contribution in [2.24, 2.45) is 0 Å². The Morgan fingerprint density at radius 2 is 1.25 bits per heavy atom. The predicted molar refractivity (Wildman–Crippen MR) is 200 cm³/mol. The van der Waals surface area contributed by atoms with Gasteiger partial charge in [-0.25, -0.2) is 15.0 Å². The zero-order chi connectivity index (χ0) is 31.7. The van der Waals surface area contributed by atoms with Crippen LogP contribution in [-0.2, 0) is 5.41 Å². The smallest absolute Gasteiger partial charge is 0.164 e. The number of nitrogens with zero attached hydrogens (tertiary/aromatic N) is 3. The monoisotopic (exact) mass is 635 g/mol. The van der Waals surface area contributed by atoms with E-state index < -0.39 is 0 Å². The summed E-state index contributed by atoms with van der Waals surface area (Å²) in [7, 11) is 0.